The Morgan fingerprint density at radius 3 is 2.44 bits per heavy atom. The molecule has 0 spiro atoms. The van der Waals surface area contributed by atoms with E-state index in [1.807, 2.05) is 0 Å². The van der Waals surface area contributed by atoms with Crippen molar-refractivity contribution in [1.82, 2.24) is 0 Å². The van der Waals surface area contributed by atoms with Gasteiger partial charge in [0.15, 0.2) is 0 Å². The summed E-state index contributed by atoms with van der Waals surface area (Å²) in [5, 5.41) is 8.57. The number of rotatable bonds is 6. The van der Waals surface area contributed by atoms with Crippen molar-refractivity contribution in [3.63, 3.8) is 0 Å². The van der Waals surface area contributed by atoms with Gasteiger partial charge in [0.2, 0.25) is 0 Å². The van der Waals surface area contributed by atoms with Crippen molar-refractivity contribution in [3.8, 4) is 0 Å². The zero-order chi connectivity index (χ0) is 12.0. The standard InChI is InChI=1S/C11H15F2NO2/c12-8-3-1-4-9(13)11(8)10(7-14)16-6-2-5-15/h1,3-4,10,15H,2,5-7,14H2. The van der Waals surface area contributed by atoms with Gasteiger partial charge in [0, 0.05) is 19.8 Å². The average molecular weight is 231 g/mol. The summed E-state index contributed by atoms with van der Waals surface area (Å²) in [5.41, 5.74) is 5.25. The summed E-state index contributed by atoms with van der Waals surface area (Å²) in [5.74, 6) is -1.33. The molecule has 3 nitrogen and oxygen atoms in total. The number of nitrogens with two attached hydrogens (primary N) is 1. The van der Waals surface area contributed by atoms with Gasteiger partial charge < -0.3 is 15.6 Å². The van der Waals surface area contributed by atoms with Crippen LogP contribution in [0, 0.1) is 11.6 Å². The molecule has 16 heavy (non-hydrogen) atoms. The Kier molecular flexibility index (Phi) is 5.31. The number of halogens is 2. The van der Waals surface area contributed by atoms with E-state index in [4.69, 9.17) is 15.6 Å². The highest BCUT2D eigenvalue weighted by molar-refractivity contribution is 5.22. The lowest BCUT2D eigenvalue weighted by Crippen LogP contribution is -2.19. The summed E-state index contributed by atoms with van der Waals surface area (Å²) < 4.78 is 32.0. The van der Waals surface area contributed by atoms with Crippen molar-refractivity contribution in [2.24, 2.45) is 5.73 Å². The van der Waals surface area contributed by atoms with E-state index in [9.17, 15) is 8.78 Å². The quantitative estimate of drug-likeness (QED) is 0.727. The van der Waals surface area contributed by atoms with Gasteiger partial charge in [0.1, 0.15) is 17.7 Å². The van der Waals surface area contributed by atoms with Gasteiger partial charge in [-0.3, -0.25) is 0 Å². The number of hydrogen-bond donors (Lipinski definition) is 2. The zero-order valence-corrected chi connectivity index (χ0v) is 8.83. The summed E-state index contributed by atoms with van der Waals surface area (Å²) in [6, 6.07) is 3.61. The van der Waals surface area contributed by atoms with Gasteiger partial charge in [-0.25, -0.2) is 8.78 Å². The van der Waals surface area contributed by atoms with Crippen molar-refractivity contribution < 1.29 is 18.6 Å². The van der Waals surface area contributed by atoms with Crippen molar-refractivity contribution in [2.75, 3.05) is 19.8 Å². The third kappa shape index (κ3) is 3.23. The van der Waals surface area contributed by atoms with E-state index in [0.29, 0.717) is 6.42 Å². The number of ether oxygens (including phenoxy) is 1. The van der Waals surface area contributed by atoms with E-state index in [2.05, 4.69) is 0 Å². The normalized spacial score (nSPS) is 12.8. The van der Waals surface area contributed by atoms with Crippen LogP contribution in [-0.2, 0) is 4.74 Å². The second-order valence-electron chi connectivity index (χ2n) is 3.31. The maximum Gasteiger partial charge on any atom is 0.132 e. The Labute approximate surface area is 92.8 Å². The second-order valence-corrected chi connectivity index (χ2v) is 3.31. The van der Waals surface area contributed by atoms with Gasteiger partial charge in [-0.2, -0.15) is 0 Å². The third-order valence-electron chi connectivity index (χ3n) is 2.16. The predicted octanol–water partition coefficient (Wildman–Crippen LogP) is 1.36. The maximum atomic E-state index is 13.4. The number of aliphatic hydroxyl groups is 1. The van der Waals surface area contributed by atoms with E-state index in [1.54, 1.807) is 0 Å². The average Bonchev–Trinajstić information content (AvgIpc) is 2.26. The smallest absolute Gasteiger partial charge is 0.132 e. The highest BCUT2D eigenvalue weighted by Gasteiger charge is 2.19. The Morgan fingerprint density at radius 2 is 1.94 bits per heavy atom. The number of benzene rings is 1. The molecule has 1 atom stereocenters. The molecule has 0 aliphatic rings. The fraction of sp³-hybridized carbons (Fsp3) is 0.455. The van der Waals surface area contributed by atoms with Crippen molar-refractivity contribution in [3.05, 3.63) is 35.4 Å². The molecule has 0 aromatic heterocycles. The first-order valence-electron chi connectivity index (χ1n) is 5.07. The summed E-state index contributed by atoms with van der Waals surface area (Å²) in [6.45, 7) is 0.173. The molecule has 1 aromatic carbocycles. The lowest BCUT2D eigenvalue weighted by molar-refractivity contribution is 0.0444. The van der Waals surface area contributed by atoms with Gasteiger partial charge in [-0.15, -0.1) is 0 Å². The van der Waals surface area contributed by atoms with Crippen LogP contribution in [0.1, 0.15) is 18.1 Å². The van der Waals surface area contributed by atoms with Crippen LogP contribution in [-0.4, -0.2) is 24.9 Å². The Bertz CT molecular complexity index is 314. The number of aliphatic hydroxyl groups excluding tert-OH is 1. The van der Waals surface area contributed by atoms with Crippen molar-refractivity contribution in [2.45, 2.75) is 12.5 Å². The summed E-state index contributed by atoms with van der Waals surface area (Å²) in [6.07, 6.45) is -0.403. The number of hydrogen-bond acceptors (Lipinski definition) is 3. The van der Waals surface area contributed by atoms with Crippen LogP contribution in [0.4, 0.5) is 8.78 Å². The first-order chi connectivity index (χ1) is 7.70. The molecule has 0 amide bonds. The van der Waals surface area contributed by atoms with Crippen LogP contribution in [0.5, 0.6) is 0 Å². The molecule has 90 valence electrons. The Morgan fingerprint density at radius 1 is 1.31 bits per heavy atom. The minimum atomic E-state index is -0.812. The molecule has 5 heteroatoms. The van der Waals surface area contributed by atoms with Gasteiger partial charge in [-0.1, -0.05) is 6.07 Å². The van der Waals surface area contributed by atoms with Crippen molar-refractivity contribution >= 4 is 0 Å². The first-order valence-corrected chi connectivity index (χ1v) is 5.07. The fourth-order valence-corrected chi connectivity index (χ4v) is 1.38. The Hall–Kier alpha value is -1.04. The molecule has 0 aliphatic carbocycles. The highest BCUT2D eigenvalue weighted by atomic mass is 19.1. The minimum Gasteiger partial charge on any atom is -0.396 e. The second kappa shape index (κ2) is 6.52. The SMILES string of the molecule is NCC(OCCCO)c1c(F)cccc1F. The van der Waals surface area contributed by atoms with Crippen LogP contribution in [0.15, 0.2) is 18.2 Å². The molecule has 0 bridgehead atoms. The van der Waals surface area contributed by atoms with Gasteiger partial charge in [0.25, 0.3) is 0 Å². The largest absolute Gasteiger partial charge is 0.396 e. The molecule has 0 radical (unpaired) electrons. The molecular weight excluding hydrogens is 216 g/mol. The first kappa shape index (κ1) is 13.0. The summed E-state index contributed by atoms with van der Waals surface area (Å²) in [4.78, 5) is 0. The molecular formula is C11H15F2NO2. The minimum absolute atomic E-state index is 0.0106. The van der Waals surface area contributed by atoms with Gasteiger partial charge in [-0.05, 0) is 18.6 Å². The van der Waals surface area contributed by atoms with Crippen LogP contribution >= 0.6 is 0 Å². The van der Waals surface area contributed by atoms with E-state index < -0.39 is 17.7 Å². The lowest BCUT2D eigenvalue weighted by atomic mass is 10.1. The van der Waals surface area contributed by atoms with Gasteiger partial charge >= 0.3 is 0 Å². The van der Waals surface area contributed by atoms with Crippen molar-refractivity contribution in [1.29, 1.82) is 0 Å². The third-order valence-corrected chi connectivity index (χ3v) is 2.16. The lowest BCUT2D eigenvalue weighted by Gasteiger charge is -2.17. The molecule has 1 rings (SSSR count). The molecule has 0 saturated carbocycles. The Balaban J connectivity index is 2.78. The molecule has 3 N–H and O–H groups in total. The van der Waals surface area contributed by atoms with E-state index in [-0.39, 0.29) is 25.3 Å². The fourth-order valence-electron chi connectivity index (χ4n) is 1.38. The molecule has 0 saturated heterocycles. The van der Waals surface area contributed by atoms with Crippen LogP contribution < -0.4 is 5.73 Å². The van der Waals surface area contributed by atoms with E-state index in [1.165, 1.54) is 6.07 Å². The molecule has 0 fully saturated rings. The highest BCUT2D eigenvalue weighted by Crippen LogP contribution is 2.22. The molecule has 0 heterocycles. The van der Waals surface area contributed by atoms with Crippen LogP contribution in [0.2, 0.25) is 0 Å². The molecule has 1 aromatic rings. The molecule has 1 unspecified atom stereocenters. The zero-order valence-electron chi connectivity index (χ0n) is 8.83. The van der Waals surface area contributed by atoms with Crippen LogP contribution in [0.3, 0.4) is 0 Å². The molecule has 0 aliphatic heterocycles. The van der Waals surface area contributed by atoms with E-state index >= 15 is 0 Å². The van der Waals surface area contributed by atoms with E-state index in [0.717, 1.165) is 12.1 Å². The predicted molar refractivity (Wildman–Crippen MR) is 55.8 cm³/mol. The maximum absolute atomic E-state index is 13.4. The topological polar surface area (TPSA) is 55.5 Å². The summed E-state index contributed by atoms with van der Waals surface area (Å²) >= 11 is 0. The summed E-state index contributed by atoms with van der Waals surface area (Å²) in [7, 11) is 0. The monoisotopic (exact) mass is 231 g/mol. The van der Waals surface area contributed by atoms with Crippen LogP contribution in [0.25, 0.3) is 0 Å². The van der Waals surface area contributed by atoms with Gasteiger partial charge in [0.05, 0.1) is 5.56 Å².